The Hall–Kier alpha value is -3.13. The zero-order valence-electron chi connectivity index (χ0n) is 15.9. The number of carbonyl (C=O) groups is 1. The molecule has 0 aliphatic carbocycles. The summed E-state index contributed by atoms with van der Waals surface area (Å²) in [5.74, 6) is 1.03. The maximum absolute atomic E-state index is 12.3. The molecular formula is C20H22ClN7O. The molecule has 0 radical (unpaired) electrons. The highest BCUT2D eigenvalue weighted by molar-refractivity contribution is 6.32. The molecule has 0 saturated carbocycles. The number of benzene rings is 1. The van der Waals surface area contributed by atoms with Crippen molar-refractivity contribution in [2.75, 3.05) is 23.7 Å². The van der Waals surface area contributed by atoms with Gasteiger partial charge in [-0.1, -0.05) is 41.9 Å². The zero-order chi connectivity index (χ0) is 20.1. The van der Waals surface area contributed by atoms with E-state index in [1.807, 2.05) is 35.2 Å². The summed E-state index contributed by atoms with van der Waals surface area (Å²) < 4.78 is 1.62. The molecule has 2 aromatic heterocycles. The fourth-order valence-corrected chi connectivity index (χ4v) is 3.34. The van der Waals surface area contributed by atoms with E-state index in [0.29, 0.717) is 29.0 Å². The van der Waals surface area contributed by atoms with Crippen LogP contribution in [-0.2, 0) is 17.9 Å². The number of nitrogens with one attached hydrogen (secondary N) is 2. The molecule has 3 heterocycles. The molecule has 1 aliphatic rings. The van der Waals surface area contributed by atoms with E-state index in [4.69, 9.17) is 11.6 Å². The van der Waals surface area contributed by atoms with E-state index in [9.17, 15) is 4.79 Å². The second-order valence-electron chi connectivity index (χ2n) is 6.87. The number of aromatic nitrogens is 4. The van der Waals surface area contributed by atoms with Crippen molar-refractivity contribution in [1.82, 2.24) is 24.6 Å². The fourth-order valence-electron chi connectivity index (χ4n) is 3.18. The molecule has 1 amide bonds. The van der Waals surface area contributed by atoms with E-state index in [-0.39, 0.29) is 12.5 Å². The summed E-state index contributed by atoms with van der Waals surface area (Å²) in [6.07, 6.45) is 7.11. The molecule has 0 spiro atoms. The summed E-state index contributed by atoms with van der Waals surface area (Å²) in [6.45, 7) is 2.51. The Morgan fingerprint density at radius 2 is 1.93 bits per heavy atom. The van der Waals surface area contributed by atoms with Crippen LogP contribution in [-0.4, -0.2) is 43.6 Å². The molecule has 0 bridgehead atoms. The second kappa shape index (κ2) is 8.91. The third kappa shape index (κ3) is 5.03. The highest BCUT2D eigenvalue weighted by atomic mass is 35.5. The van der Waals surface area contributed by atoms with Gasteiger partial charge in [0.05, 0.1) is 18.1 Å². The Kier molecular flexibility index (Phi) is 5.90. The van der Waals surface area contributed by atoms with Crippen molar-refractivity contribution in [3.63, 3.8) is 0 Å². The van der Waals surface area contributed by atoms with Crippen LogP contribution in [0.3, 0.4) is 0 Å². The standard InChI is InChI=1S/C20H22ClN7O/c21-17-12-23-20(26-19(17)22-10-15-6-2-1-3-7-15)25-16-11-24-28(13-16)14-18(29)27-8-4-5-9-27/h1-3,6-7,11-13H,4-5,8-10,14H2,(H2,22,23,25,26). The molecule has 9 heteroatoms. The molecule has 2 N–H and O–H groups in total. The smallest absolute Gasteiger partial charge is 0.244 e. The highest BCUT2D eigenvalue weighted by Gasteiger charge is 2.18. The molecule has 1 aliphatic heterocycles. The van der Waals surface area contributed by atoms with Gasteiger partial charge in [-0.3, -0.25) is 9.48 Å². The zero-order valence-corrected chi connectivity index (χ0v) is 16.6. The van der Waals surface area contributed by atoms with E-state index in [1.54, 1.807) is 23.3 Å². The number of rotatable bonds is 7. The second-order valence-corrected chi connectivity index (χ2v) is 7.28. The number of hydrogen-bond acceptors (Lipinski definition) is 6. The number of carbonyl (C=O) groups excluding carboxylic acids is 1. The molecule has 4 rings (SSSR count). The Balaban J connectivity index is 1.38. The van der Waals surface area contributed by atoms with Crippen LogP contribution in [0.15, 0.2) is 48.9 Å². The normalized spacial score (nSPS) is 13.5. The number of halogens is 1. The number of anilines is 3. The third-order valence-electron chi connectivity index (χ3n) is 4.69. The third-order valence-corrected chi connectivity index (χ3v) is 4.97. The summed E-state index contributed by atoms with van der Waals surface area (Å²) in [5, 5.41) is 11.0. The summed E-state index contributed by atoms with van der Waals surface area (Å²) in [4.78, 5) is 22.8. The van der Waals surface area contributed by atoms with Gasteiger partial charge >= 0.3 is 0 Å². The van der Waals surface area contributed by atoms with Crippen LogP contribution in [0.5, 0.6) is 0 Å². The maximum atomic E-state index is 12.3. The largest absolute Gasteiger partial charge is 0.365 e. The topological polar surface area (TPSA) is 88.0 Å². The van der Waals surface area contributed by atoms with Crippen LogP contribution >= 0.6 is 11.6 Å². The lowest BCUT2D eigenvalue weighted by Crippen LogP contribution is -2.31. The first-order chi connectivity index (χ1) is 14.2. The van der Waals surface area contributed by atoms with Gasteiger partial charge in [-0.05, 0) is 18.4 Å². The van der Waals surface area contributed by atoms with Gasteiger partial charge in [0.15, 0.2) is 5.82 Å². The van der Waals surface area contributed by atoms with Crippen LogP contribution in [0.2, 0.25) is 5.02 Å². The first-order valence-electron chi connectivity index (χ1n) is 9.55. The van der Waals surface area contributed by atoms with E-state index in [0.717, 1.165) is 31.5 Å². The van der Waals surface area contributed by atoms with Crippen LogP contribution < -0.4 is 10.6 Å². The Morgan fingerprint density at radius 1 is 1.14 bits per heavy atom. The summed E-state index contributed by atoms with van der Waals surface area (Å²) >= 11 is 6.22. The number of amides is 1. The van der Waals surface area contributed by atoms with E-state index < -0.39 is 0 Å². The summed E-state index contributed by atoms with van der Waals surface area (Å²) in [5.41, 5.74) is 1.83. The van der Waals surface area contributed by atoms with Crippen molar-refractivity contribution >= 4 is 35.0 Å². The average Bonchev–Trinajstić information content (AvgIpc) is 3.42. The van der Waals surface area contributed by atoms with Gasteiger partial charge in [0.1, 0.15) is 11.6 Å². The van der Waals surface area contributed by atoms with Gasteiger partial charge < -0.3 is 15.5 Å². The van der Waals surface area contributed by atoms with Crippen molar-refractivity contribution in [2.45, 2.75) is 25.9 Å². The quantitative estimate of drug-likeness (QED) is 0.620. The average molecular weight is 412 g/mol. The van der Waals surface area contributed by atoms with Gasteiger partial charge in [0.2, 0.25) is 11.9 Å². The molecule has 0 atom stereocenters. The van der Waals surface area contributed by atoms with Crippen LogP contribution in [0.1, 0.15) is 18.4 Å². The molecule has 1 fully saturated rings. The van der Waals surface area contributed by atoms with E-state index in [2.05, 4.69) is 25.7 Å². The molecular weight excluding hydrogens is 390 g/mol. The lowest BCUT2D eigenvalue weighted by atomic mass is 10.2. The van der Waals surface area contributed by atoms with Gasteiger partial charge in [0, 0.05) is 25.8 Å². The molecule has 8 nitrogen and oxygen atoms in total. The molecule has 150 valence electrons. The molecule has 1 aromatic carbocycles. The maximum Gasteiger partial charge on any atom is 0.244 e. The Bertz CT molecular complexity index is 970. The Morgan fingerprint density at radius 3 is 2.72 bits per heavy atom. The van der Waals surface area contributed by atoms with Crippen molar-refractivity contribution in [1.29, 1.82) is 0 Å². The fraction of sp³-hybridized carbons (Fsp3) is 0.300. The molecule has 3 aromatic rings. The van der Waals surface area contributed by atoms with Crippen LogP contribution in [0.4, 0.5) is 17.5 Å². The number of nitrogens with zero attached hydrogens (tertiary/aromatic N) is 5. The minimum Gasteiger partial charge on any atom is -0.365 e. The first-order valence-corrected chi connectivity index (χ1v) is 9.93. The highest BCUT2D eigenvalue weighted by Crippen LogP contribution is 2.22. The first kappa shape index (κ1) is 19.2. The van der Waals surface area contributed by atoms with Gasteiger partial charge in [-0.2, -0.15) is 10.1 Å². The predicted molar refractivity (Wildman–Crippen MR) is 112 cm³/mol. The number of likely N-dealkylation sites (tertiary alicyclic amines) is 1. The summed E-state index contributed by atoms with van der Waals surface area (Å²) in [6, 6.07) is 10.00. The number of hydrogen-bond donors (Lipinski definition) is 2. The van der Waals surface area contributed by atoms with E-state index >= 15 is 0 Å². The van der Waals surface area contributed by atoms with Crippen molar-refractivity contribution in [3.8, 4) is 0 Å². The molecule has 29 heavy (non-hydrogen) atoms. The van der Waals surface area contributed by atoms with Gasteiger partial charge in [-0.15, -0.1) is 0 Å². The lowest BCUT2D eigenvalue weighted by molar-refractivity contribution is -0.130. The monoisotopic (exact) mass is 411 g/mol. The van der Waals surface area contributed by atoms with Crippen molar-refractivity contribution < 1.29 is 4.79 Å². The van der Waals surface area contributed by atoms with Gasteiger partial charge in [-0.25, -0.2) is 4.98 Å². The SMILES string of the molecule is O=C(Cn1cc(Nc2ncc(Cl)c(NCc3ccccc3)n2)cn1)N1CCCC1. The van der Waals surface area contributed by atoms with Crippen molar-refractivity contribution in [2.24, 2.45) is 0 Å². The Labute approximate surface area is 173 Å². The van der Waals surface area contributed by atoms with Crippen LogP contribution in [0.25, 0.3) is 0 Å². The van der Waals surface area contributed by atoms with Gasteiger partial charge in [0.25, 0.3) is 0 Å². The van der Waals surface area contributed by atoms with Crippen molar-refractivity contribution in [3.05, 3.63) is 59.5 Å². The minimum atomic E-state index is 0.0901. The summed E-state index contributed by atoms with van der Waals surface area (Å²) in [7, 11) is 0. The lowest BCUT2D eigenvalue weighted by Gasteiger charge is -2.14. The minimum absolute atomic E-state index is 0.0901. The van der Waals surface area contributed by atoms with E-state index in [1.165, 1.54) is 0 Å². The molecule has 1 saturated heterocycles. The van der Waals surface area contributed by atoms with Crippen LogP contribution in [0, 0.1) is 0 Å². The molecule has 0 unspecified atom stereocenters. The predicted octanol–water partition coefficient (Wildman–Crippen LogP) is 3.30.